The van der Waals surface area contributed by atoms with E-state index in [-0.39, 0.29) is 18.4 Å². The summed E-state index contributed by atoms with van der Waals surface area (Å²) >= 11 is 3.45. The smallest absolute Gasteiger partial charge is 0.265 e. The molecule has 0 aliphatic heterocycles. The minimum absolute atomic E-state index is 0.158. The predicted molar refractivity (Wildman–Crippen MR) is 143 cm³/mol. The molecule has 0 saturated carbocycles. The van der Waals surface area contributed by atoms with Gasteiger partial charge in [-0.25, -0.2) is 0 Å². The number of carbonyl (C=O) groups is 2. The number of nitrogens with zero attached hydrogens (tertiary/aromatic N) is 1. The molecule has 0 unspecified atom stereocenters. The Bertz CT molecular complexity index is 1310. The molecule has 4 aromatic carbocycles. The SMILES string of the molecule is Cc1ccccc1NC(=O)c1ccccc1N(Cc1ccc(Br)cc1)C(=O)COc1ccccc1. The lowest BCUT2D eigenvalue weighted by Gasteiger charge is -2.25. The van der Waals surface area contributed by atoms with E-state index in [9.17, 15) is 9.59 Å². The monoisotopic (exact) mass is 528 g/mol. The zero-order valence-electron chi connectivity index (χ0n) is 19.3. The lowest BCUT2D eigenvalue weighted by Crippen LogP contribution is -2.36. The molecule has 0 aliphatic carbocycles. The summed E-state index contributed by atoms with van der Waals surface area (Å²) in [6.45, 7) is 2.07. The first-order valence-corrected chi connectivity index (χ1v) is 12.0. The van der Waals surface area contributed by atoms with Gasteiger partial charge in [0.25, 0.3) is 11.8 Å². The molecule has 0 aromatic heterocycles. The summed E-state index contributed by atoms with van der Waals surface area (Å²) in [6.07, 6.45) is 0. The summed E-state index contributed by atoms with van der Waals surface area (Å²) in [7, 11) is 0. The van der Waals surface area contributed by atoms with Gasteiger partial charge in [0.1, 0.15) is 5.75 Å². The Morgan fingerprint density at radius 3 is 2.23 bits per heavy atom. The second-order valence-electron chi connectivity index (χ2n) is 7.99. The summed E-state index contributed by atoms with van der Waals surface area (Å²) in [5.74, 6) is 0.0652. The fraction of sp³-hybridized carbons (Fsp3) is 0.103. The van der Waals surface area contributed by atoms with E-state index in [1.807, 2.05) is 79.7 Å². The molecule has 0 saturated heterocycles. The van der Waals surface area contributed by atoms with Crippen LogP contribution in [-0.2, 0) is 11.3 Å². The first kappa shape index (κ1) is 24.2. The van der Waals surface area contributed by atoms with Gasteiger partial charge in [-0.3, -0.25) is 9.59 Å². The van der Waals surface area contributed by atoms with Crippen LogP contribution >= 0.6 is 15.9 Å². The van der Waals surface area contributed by atoms with Crippen LogP contribution in [0.1, 0.15) is 21.5 Å². The van der Waals surface area contributed by atoms with E-state index in [4.69, 9.17) is 4.74 Å². The molecule has 2 amide bonds. The number of nitrogens with one attached hydrogen (secondary N) is 1. The Kier molecular flexibility index (Phi) is 7.95. The Morgan fingerprint density at radius 2 is 1.49 bits per heavy atom. The van der Waals surface area contributed by atoms with Crippen LogP contribution in [0.15, 0.2) is 108 Å². The number of benzene rings is 4. The van der Waals surface area contributed by atoms with Crippen LogP contribution in [0, 0.1) is 6.92 Å². The zero-order valence-corrected chi connectivity index (χ0v) is 20.9. The molecule has 0 spiro atoms. The van der Waals surface area contributed by atoms with Crippen LogP contribution in [0.5, 0.6) is 5.75 Å². The second-order valence-corrected chi connectivity index (χ2v) is 8.91. The number of hydrogen-bond donors (Lipinski definition) is 1. The fourth-order valence-electron chi connectivity index (χ4n) is 3.62. The molecule has 0 aliphatic rings. The molecule has 5 nitrogen and oxygen atoms in total. The van der Waals surface area contributed by atoms with Gasteiger partial charge in [0.15, 0.2) is 6.61 Å². The normalized spacial score (nSPS) is 10.5. The molecule has 176 valence electrons. The summed E-state index contributed by atoms with van der Waals surface area (Å²) in [4.78, 5) is 28.3. The number of para-hydroxylation sites is 3. The maximum absolute atomic E-state index is 13.4. The summed E-state index contributed by atoms with van der Waals surface area (Å²) in [6, 6.07) is 31.6. The molecular formula is C29H25BrN2O3. The summed E-state index contributed by atoms with van der Waals surface area (Å²) in [5, 5.41) is 2.98. The van der Waals surface area contributed by atoms with Gasteiger partial charge in [-0.2, -0.15) is 0 Å². The van der Waals surface area contributed by atoms with Crippen molar-refractivity contribution in [3.8, 4) is 5.75 Å². The van der Waals surface area contributed by atoms with Crippen LogP contribution in [-0.4, -0.2) is 18.4 Å². The Hall–Kier alpha value is -3.90. The van der Waals surface area contributed by atoms with E-state index in [1.165, 1.54) is 0 Å². The molecule has 0 radical (unpaired) electrons. The average Bonchev–Trinajstić information content (AvgIpc) is 2.89. The summed E-state index contributed by atoms with van der Waals surface area (Å²) in [5.41, 5.74) is 3.53. The van der Waals surface area contributed by atoms with Gasteiger partial charge >= 0.3 is 0 Å². The van der Waals surface area contributed by atoms with Gasteiger partial charge in [-0.15, -0.1) is 0 Å². The zero-order chi connectivity index (χ0) is 24.6. The van der Waals surface area contributed by atoms with Crippen LogP contribution in [0.25, 0.3) is 0 Å². The van der Waals surface area contributed by atoms with E-state index in [0.29, 0.717) is 23.5 Å². The molecule has 0 bridgehead atoms. The average molecular weight is 529 g/mol. The van der Waals surface area contributed by atoms with Gasteiger partial charge in [-0.05, 0) is 60.5 Å². The highest BCUT2D eigenvalue weighted by Gasteiger charge is 2.23. The number of halogens is 1. The minimum Gasteiger partial charge on any atom is -0.484 e. The van der Waals surface area contributed by atoms with Crippen LogP contribution in [0.3, 0.4) is 0 Å². The summed E-state index contributed by atoms with van der Waals surface area (Å²) < 4.78 is 6.69. The molecule has 0 heterocycles. The van der Waals surface area contributed by atoms with Crippen molar-refractivity contribution < 1.29 is 14.3 Å². The van der Waals surface area contributed by atoms with Crippen molar-refractivity contribution in [3.05, 3.63) is 124 Å². The van der Waals surface area contributed by atoms with Gasteiger partial charge in [-0.1, -0.05) is 76.6 Å². The van der Waals surface area contributed by atoms with E-state index in [1.54, 1.807) is 35.2 Å². The van der Waals surface area contributed by atoms with Crippen molar-refractivity contribution in [2.24, 2.45) is 0 Å². The second kappa shape index (κ2) is 11.5. The van der Waals surface area contributed by atoms with Crippen molar-refractivity contribution in [2.75, 3.05) is 16.8 Å². The molecule has 4 rings (SSSR count). The van der Waals surface area contributed by atoms with Crippen LogP contribution in [0.4, 0.5) is 11.4 Å². The van der Waals surface area contributed by atoms with Gasteiger partial charge in [0.05, 0.1) is 17.8 Å². The molecule has 0 atom stereocenters. The van der Waals surface area contributed by atoms with E-state index < -0.39 is 0 Å². The number of aryl methyl sites for hydroxylation is 1. The van der Waals surface area contributed by atoms with Crippen LogP contribution in [0.2, 0.25) is 0 Å². The molecule has 6 heteroatoms. The number of carbonyl (C=O) groups excluding carboxylic acids is 2. The first-order chi connectivity index (χ1) is 17.0. The van der Waals surface area contributed by atoms with Gasteiger partial charge < -0.3 is 15.0 Å². The largest absolute Gasteiger partial charge is 0.484 e. The highest BCUT2D eigenvalue weighted by molar-refractivity contribution is 9.10. The highest BCUT2D eigenvalue weighted by atomic mass is 79.9. The van der Waals surface area contributed by atoms with Crippen LogP contribution < -0.4 is 15.0 Å². The number of ether oxygens (including phenoxy) is 1. The van der Waals surface area contributed by atoms with Crippen molar-refractivity contribution in [3.63, 3.8) is 0 Å². The standard InChI is InChI=1S/C29H25BrN2O3/c1-21-9-5-7-13-26(21)31-29(34)25-12-6-8-14-27(25)32(19-22-15-17-23(30)18-16-22)28(33)20-35-24-10-3-2-4-11-24/h2-18H,19-20H2,1H3,(H,31,34). The van der Waals surface area contributed by atoms with Gasteiger partial charge in [0.2, 0.25) is 0 Å². The minimum atomic E-state index is -0.285. The Labute approximate surface area is 213 Å². The number of hydrogen-bond acceptors (Lipinski definition) is 3. The third kappa shape index (κ3) is 6.37. The van der Waals surface area contributed by atoms with Crippen molar-refractivity contribution in [1.82, 2.24) is 0 Å². The first-order valence-electron chi connectivity index (χ1n) is 11.2. The maximum atomic E-state index is 13.4. The highest BCUT2D eigenvalue weighted by Crippen LogP contribution is 2.26. The molecule has 1 N–H and O–H groups in total. The predicted octanol–water partition coefficient (Wildman–Crippen LogP) is 6.62. The molecule has 4 aromatic rings. The van der Waals surface area contributed by atoms with Crippen molar-refractivity contribution in [2.45, 2.75) is 13.5 Å². The third-order valence-electron chi connectivity index (χ3n) is 5.49. The Morgan fingerprint density at radius 1 is 0.829 bits per heavy atom. The molecule has 0 fully saturated rings. The third-order valence-corrected chi connectivity index (χ3v) is 6.02. The van der Waals surface area contributed by atoms with E-state index in [2.05, 4.69) is 21.2 Å². The van der Waals surface area contributed by atoms with E-state index >= 15 is 0 Å². The lowest BCUT2D eigenvalue weighted by atomic mass is 10.1. The lowest BCUT2D eigenvalue weighted by molar-refractivity contribution is -0.120. The fourth-order valence-corrected chi connectivity index (χ4v) is 3.89. The maximum Gasteiger partial charge on any atom is 0.265 e. The number of amides is 2. The van der Waals surface area contributed by atoms with Crippen molar-refractivity contribution in [1.29, 1.82) is 0 Å². The Balaban J connectivity index is 1.64. The van der Waals surface area contributed by atoms with E-state index in [0.717, 1.165) is 21.3 Å². The molecule has 35 heavy (non-hydrogen) atoms. The number of anilines is 2. The molecular weight excluding hydrogens is 504 g/mol. The van der Waals surface area contributed by atoms with Crippen molar-refractivity contribution >= 4 is 39.1 Å². The topological polar surface area (TPSA) is 58.6 Å². The number of rotatable bonds is 8. The van der Waals surface area contributed by atoms with Gasteiger partial charge in [0, 0.05) is 10.2 Å². The quantitative estimate of drug-likeness (QED) is 0.279.